The topological polar surface area (TPSA) is 79.3 Å². The highest BCUT2D eigenvalue weighted by Gasteiger charge is 2.20. The molecule has 0 aromatic carbocycles. The van der Waals surface area contributed by atoms with E-state index in [0.717, 1.165) is 15.1 Å². The molecule has 0 aliphatic carbocycles. The smallest absolute Gasteiger partial charge is 0.347 e. The molecule has 0 saturated heterocycles. The Bertz CT molecular complexity index is 665. The number of aromatic carboxylic acids is 1. The summed E-state index contributed by atoms with van der Waals surface area (Å²) in [5.41, 5.74) is 0.470. The number of nitrogens with zero attached hydrogens (tertiary/aromatic N) is 1. The van der Waals surface area contributed by atoms with E-state index < -0.39 is 5.97 Å². The van der Waals surface area contributed by atoms with Crippen LogP contribution in [0.2, 0.25) is 0 Å². The summed E-state index contributed by atoms with van der Waals surface area (Å²) in [6.07, 6.45) is 0. The first-order valence-corrected chi connectivity index (χ1v) is 8.08. The van der Waals surface area contributed by atoms with E-state index in [-0.39, 0.29) is 16.8 Å². The number of halogens is 1. The zero-order chi connectivity index (χ0) is 14.9. The third-order valence-electron chi connectivity index (χ3n) is 2.52. The Hall–Kier alpha value is -1.25. The van der Waals surface area contributed by atoms with Gasteiger partial charge in [-0.25, -0.2) is 9.78 Å². The molecule has 0 bridgehead atoms. The van der Waals surface area contributed by atoms with E-state index in [2.05, 4.69) is 26.2 Å². The predicted molar refractivity (Wildman–Crippen MR) is 81.7 cm³/mol. The molecular formula is C12H11BrN2O3S2. The number of amides is 1. The maximum atomic E-state index is 12.0. The van der Waals surface area contributed by atoms with Gasteiger partial charge in [0.05, 0.1) is 20.4 Å². The average molecular weight is 375 g/mol. The van der Waals surface area contributed by atoms with Crippen molar-refractivity contribution < 1.29 is 14.7 Å². The van der Waals surface area contributed by atoms with E-state index >= 15 is 0 Å². The number of carbonyl (C=O) groups is 2. The van der Waals surface area contributed by atoms with E-state index in [1.54, 1.807) is 26.0 Å². The minimum Gasteiger partial charge on any atom is -0.477 e. The fraction of sp³-hybridized carbons (Fsp3) is 0.250. The van der Waals surface area contributed by atoms with Crippen LogP contribution in [-0.4, -0.2) is 22.0 Å². The number of hydrogen-bond donors (Lipinski definition) is 2. The molecule has 2 aromatic rings. The predicted octanol–water partition coefficient (Wildman–Crippen LogP) is 3.46. The van der Waals surface area contributed by atoms with Crippen molar-refractivity contribution in [1.29, 1.82) is 0 Å². The fourth-order valence-electron chi connectivity index (χ4n) is 1.57. The van der Waals surface area contributed by atoms with Crippen LogP contribution in [-0.2, 0) is 0 Å². The average Bonchev–Trinajstić information content (AvgIpc) is 2.95. The lowest BCUT2D eigenvalue weighted by molar-refractivity contribution is 0.0701. The van der Waals surface area contributed by atoms with Crippen molar-refractivity contribution in [2.45, 2.75) is 19.9 Å². The van der Waals surface area contributed by atoms with Crippen LogP contribution in [0.15, 0.2) is 15.9 Å². The molecule has 0 saturated carbocycles. The number of thiophene rings is 1. The summed E-state index contributed by atoms with van der Waals surface area (Å²) in [4.78, 5) is 28.0. The number of carboxylic acid groups (broad SMARTS) is 1. The quantitative estimate of drug-likeness (QED) is 0.858. The molecule has 2 rings (SSSR count). The van der Waals surface area contributed by atoms with Gasteiger partial charge in [0.25, 0.3) is 5.91 Å². The summed E-state index contributed by atoms with van der Waals surface area (Å²) in [5, 5.41) is 12.4. The number of carboxylic acids is 1. The molecule has 1 amide bonds. The molecule has 2 N–H and O–H groups in total. The maximum Gasteiger partial charge on any atom is 0.347 e. The molecule has 0 aliphatic heterocycles. The fourth-order valence-corrected chi connectivity index (χ4v) is 3.76. The number of aromatic nitrogens is 1. The van der Waals surface area contributed by atoms with Crippen LogP contribution in [0.25, 0.3) is 0 Å². The zero-order valence-electron chi connectivity index (χ0n) is 10.6. The second-order valence-electron chi connectivity index (χ2n) is 4.07. The molecule has 0 aliphatic rings. The molecule has 8 heteroatoms. The summed E-state index contributed by atoms with van der Waals surface area (Å²) >= 11 is 5.73. The highest BCUT2D eigenvalue weighted by atomic mass is 79.9. The lowest BCUT2D eigenvalue weighted by Gasteiger charge is -2.09. The molecule has 0 fully saturated rings. The normalized spacial score (nSPS) is 12.2. The van der Waals surface area contributed by atoms with Crippen molar-refractivity contribution in [1.82, 2.24) is 10.3 Å². The number of thiazole rings is 1. The van der Waals surface area contributed by atoms with E-state index in [1.165, 1.54) is 11.3 Å². The minimum absolute atomic E-state index is 0.196. The van der Waals surface area contributed by atoms with Gasteiger partial charge in [0.15, 0.2) is 0 Å². The Balaban J connectivity index is 2.12. The van der Waals surface area contributed by atoms with E-state index in [0.29, 0.717) is 15.6 Å². The summed E-state index contributed by atoms with van der Waals surface area (Å²) in [5.74, 6) is -1.19. The van der Waals surface area contributed by atoms with Gasteiger partial charge in [-0.3, -0.25) is 4.79 Å². The van der Waals surface area contributed by atoms with Gasteiger partial charge in [0.2, 0.25) is 0 Å². The van der Waals surface area contributed by atoms with Crippen molar-refractivity contribution in [3.63, 3.8) is 0 Å². The van der Waals surface area contributed by atoms with Crippen molar-refractivity contribution in [2.24, 2.45) is 0 Å². The molecule has 2 aromatic heterocycles. The summed E-state index contributed by atoms with van der Waals surface area (Å²) in [7, 11) is 0. The van der Waals surface area contributed by atoms with Crippen LogP contribution < -0.4 is 5.32 Å². The number of rotatable bonds is 4. The minimum atomic E-state index is -0.994. The Kier molecular flexibility index (Phi) is 4.56. The summed E-state index contributed by atoms with van der Waals surface area (Å²) in [6, 6.07) is 3.20. The Morgan fingerprint density at radius 2 is 2.10 bits per heavy atom. The lowest BCUT2D eigenvalue weighted by atomic mass is 10.3. The van der Waals surface area contributed by atoms with Crippen molar-refractivity contribution in [3.05, 3.63) is 36.4 Å². The second-order valence-corrected chi connectivity index (χ2v) is 7.56. The van der Waals surface area contributed by atoms with Crippen molar-refractivity contribution in [3.8, 4) is 0 Å². The van der Waals surface area contributed by atoms with Gasteiger partial charge in [-0.05, 0) is 41.9 Å². The maximum absolute atomic E-state index is 12.0. The number of carbonyl (C=O) groups excluding carboxylic acids is 1. The highest BCUT2D eigenvalue weighted by molar-refractivity contribution is 9.11. The molecule has 2 heterocycles. The van der Waals surface area contributed by atoms with Crippen molar-refractivity contribution in [2.75, 3.05) is 0 Å². The standard InChI is InChI=1S/C12H11BrN2O3S2/c1-5-9(12(17)18)20-11(15-5)6(2)14-10(16)7-3-4-8(13)19-7/h3-4,6H,1-2H3,(H,14,16)(H,17,18). The molecule has 0 spiro atoms. The van der Waals surface area contributed by atoms with Gasteiger partial charge < -0.3 is 10.4 Å². The molecule has 5 nitrogen and oxygen atoms in total. The SMILES string of the molecule is Cc1nc(C(C)NC(=O)c2ccc(Br)s2)sc1C(=O)O. The molecule has 1 unspecified atom stereocenters. The largest absolute Gasteiger partial charge is 0.477 e. The summed E-state index contributed by atoms with van der Waals surface area (Å²) < 4.78 is 0.883. The van der Waals surface area contributed by atoms with Gasteiger partial charge in [-0.1, -0.05) is 0 Å². The molecule has 1 atom stereocenters. The van der Waals surface area contributed by atoms with Crippen LogP contribution in [0.1, 0.15) is 43.0 Å². The van der Waals surface area contributed by atoms with E-state index in [9.17, 15) is 9.59 Å². The molecular weight excluding hydrogens is 364 g/mol. The molecule has 20 heavy (non-hydrogen) atoms. The van der Waals surface area contributed by atoms with Gasteiger partial charge in [-0.15, -0.1) is 22.7 Å². The molecule has 0 radical (unpaired) electrons. The monoisotopic (exact) mass is 374 g/mol. The number of hydrogen-bond acceptors (Lipinski definition) is 5. The van der Waals surface area contributed by atoms with Crippen LogP contribution in [0.4, 0.5) is 0 Å². The molecule has 106 valence electrons. The number of aryl methyl sites for hydroxylation is 1. The van der Waals surface area contributed by atoms with E-state index in [1.807, 2.05) is 0 Å². The van der Waals surface area contributed by atoms with Gasteiger partial charge >= 0.3 is 5.97 Å². The Labute approximate surface area is 131 Å². The first-order chi connectivity index (χ1) is 9.38. The first-order valence-electron chi connectivity index (χ1n) is 5.65. The van der Waals surface area contributed by atoms with Gasteiger partial charge in [0, 0.05) is 0 Å². The summed E-state index contributed by atoms with van der Waals surface area (Å²) in [6.45, 7) is 3.43. The Morgan fingerprint density at radius 1 is 1.40 bits per heavy atom. The van der Waals surface area contributed by atoms with Crippen LogP contribution in [0.3, 0.4) is 0 Å². The third kappa shape index (κ3) is 3.25. The number of nitrogens with one attached hydrogen (secondary N) is 1. The zero-order valence-corrected chi connectivity index (χ0v) is 13.9. The first kappa shape index (κ1) is 15.1. The van der Waals surface area contributed by atoms with Crippen LogP contribution in [0, 0.1) is 6.92 Å². The third-order valence-corrected chi connectivity index (χ3v) is 5.47. The van der Waals surface area contributed by atoms with Crippen LogP contribution in [0.5, 0.6) is 0 Å². The van der Waals surface area contributed by atoms with Crippen LogP contribution >= 0.6 is 38.6 Å². The van der Waals surface area contributed by atoms with Crippen molar-refractivity contribution >= 4 is 50.5 Å². The highest BCUT2D eigenvalue weighted by Crippen LogP contribution is 2.25. The second kappa shape index (κ2) is 6.02. The Morgan fingerprint density at radius 3 is 2.60 bits per heavy atom. The van der Waals surface area contributed by atoms with E-state index in [4.69, 9.17) is 5.11 Å². The van der Waals surface area contributed by atoms with Gasteiger partial charge in [-0.2, -0.15) is 0 Å². The lowest BCUT2D eigenvalue weighted by Crippen LogP contribution is -2.25. The van der Waals surface area contributed by atoms with Gasteiger partial charge in [0.1, 0.15) is 9.88 Å².